The van der Waals surface area contributed by atoms with Crippen molar-refractivity contribution in [2.24, 2.45) is 16.6 Å². The van der Waals surface area contributed by atoms with Crippen molar-refractivity contribution < 1.29 is 9.21 Å². The number of hydrogen-bond acceptors (Lipinski definition) is 3. The van der Waals surface area contributed by atoms with Gasteiger partial charge in [0.25, 0.3) is 0 Å². The Kier molecular flexibility index (Phi) is 6.36. The quantitative estimate of drug-likeness (QED) is 0.611. The van der Waals surface area contributed by atoms with Gasteiger partial charge in [-0.2, -0.15) is 0 Å². The molecule has 2 aliphatic rings. The molecule has 25 heavy (non-hydrogen) atoms. The minimum Gasteiger partial charge on any atom is -0.469 e. The first-order valence-corrected chi connectivity index (χ1v) is 9.57. The number of likely N-dealkylation sites (tertiary alicyclic amines) is 1. The average Bonchev–Trinajstić information content (AvgIpc) is 3.27. The molecular formula is C19H30N4O2. The van der Waals surface area contributed by atoms with Crippen LogP contribution in [0.5, 0.6) is 0 Å². The Balaban J connectivity index is 1.62. The van der Waals surface area contributed by atoms with E-state index in [1.165, 1.54) is 25.7 Å². The highest BCUT2D eigenvalue weighted by Crippen LogP contribution is 2.21. The smallest absolute Gasteiger partial charge is 0.217 e. The van der Waals surface area contributed by atoms with E-state index in [-0.39, 0.29) is 5.91 Å². The molecule has 6 nitrogen and oxygen atoms in total. The largest absolute Gasteiger partial charge is 0.469 e. The molecular weight excluding hydrogens is 316 g/mol. The number of hydrogen-bond donors (Lipinski definition) is 2. The van der Waals surface area contributed by atoms with Crippen LogP contribution >= 0.6 is 0 Å². The number of aliphatic imine (C=N–C) groups is 1. The third-order valence-electron chi connectivity index (χ3n) is 5.20. The van der Waals surface area contributed by atoms with Gasteiger partial charge in [0.05, 0.1) is 6.26 Å². The molecule has 0 radical (unpaired) electrons. The number of furan rings is 1. The highest BCUT2D eigenvalue weighted by atomic mass is 16.3. The SMILES string of the molecule is NC(=O)CC1CCCN(C(=NCCc2ccco2)NC2CCCC2)C1. The zero-order valence-electron chi connectivity index (χ0n) is 15.0. The fourth-order valence-corrected chi connectivity index (χ4v) is 3.93. The molecule has 2 heterocycles. The van der Waals surface area contributed by atoms with E-state index in [0.29, 0.717) is 24.9 Å². The minimum absolute atomic E-state index is 0.202. The molecule has 1 aliphatic heterocycles. The van der Waals surface area contributed by atoms with Gasteiger partial charge in [0.2, 0.25) is 5.91 Å². The van der Waals surface area contributed by atoms with Gasteiger partial charge < -0.3 is 20.4 Å². The molecule has 0 spiro atoms. The molecule has 138 valence electrons. The minimum atomic E-state index is -0.202. The molecule has 1 aliphatic carbocycles. The Hall–Kier alpha value is -1.98. The maximum Gasteiger partial charge on any atom is 0.217 e. The lowest BCUT2D eigenvalue weighted by molar-refractivity contribution is -0.119. The number of guanidine groups is 1. The van der Waals surface area contributed by atoms with Crippen LogP contribution in [0.4, 0.5) is 0 Å². The van der Waals surface area contributed by atoms with E-state index in [1.54, 1.807) is 6.26 Å². The molecule has 1 unspecified atom stereocenters. The van der Waals surface area contributed by atoms with Gasteiger partial charge >= 0.3 is 0 Å². The second kappa shape index (κ2) is 8.92. The topological polar surface area (TPSA) is 83.9 Å². The second-order valence-electron chi connectivity index (χ2n) is 7.29. The molecule has 0 bridgehead atoms. The number of piperidine rings is 1. The van der Waals surface area contributed by atoms with Crippen LogP contribution in [0.15, 0.2) is 27.8 Å². The third-order valence-corrected chi connectivity index (χ3v) is 5.20. The lowest BCUT2D eigenvalue weighted by Crippen LogP contribution is -2.49. The van der Waals surface area contributed by atoms with Crippen molar-refractivity contribution in [3.63, 3.8) is 0 Å². The van der Waals surface area contributed by atoms with Gasteiger partial charge in [-0.05, 0) is 43.7 Å². The van der Waals surface area contributed by atoms with Gasteiger partial charge in [-0.1, -0.05) is 12.8 Å². The average molecular weight is 346 g/mol. The van der Waals surface area contributed by atoms with Gasteiger partial charge in [0.15, 0.2) is 5.96 Å². The number of primary amides is 1. The van der Waals surface area contributed by atoms with Crippen molar-refractivity contribution in [2.75, 3.05) is 19.6 Å². The number of carbonyl (C=O) groups is 1. The number of amides is 1. The number of nitrogens with one attached hydrogen (secondary N) is 1. The molecule has 1 saturated carbocycles. The Labute approximate surface area is 149 Å². The number of rotatable bonds is 6. The van der Waals surface area contributed by atoms with E-state index in [2.05, 4.69) is 10.2 Å². The molecule has 3 N–H and O–H groups in total. The van der Waals surface area contributed by atoms with E-state index in [0.717, 1.165) is 44.1 Å². The van der Waals surface area contributed by atoms with Gasteiger partial charge in [-0.15, -0.1) is 0 Å². The molecule has 6 heteroatoms. The summed E-state index contributed by atoms with van der Waals surface area (Å²) >= 11 is 0. The molecule has 3 rings (SSSR count). The lowest BCUT2D eigenvalue weighted by Gasteiger charge is -2.35. The summed E-state index contributed by atoms with van der Waals surface area (Å²) in [5.41, 5.74) is 5.40. The summed E-state index contributed by atoms with van der Waals surface area (Å²) in [6.07, 6.45) is 10.2. The Morgan fingerprint density at radius 2 is 2.16 bits per heavy atom. The van der Waals surface area contributed by atoms with Gasteiger partial charge in [-0.3, -0.25) is 9.79 Å². The van der Waals surface area contributed by atoms with Crippen molar-refractivity contribution in [1.82, 2.24) is 10.2 Å². The summed E-state index contributed by atoms with van der Waals surface area (Å²) in [7, 11) is 0. The summed E-state index contributed by atoms with van der Waals surface area (Å²) in [5.74, 6) is 2.10. The van der Waals surface area contributed by atoms with Gasteiger partial charge in [0.1, 0.15) is 5.76 Å². The van der Waals surface area contributed by atoms with Gasteiger partial charge in [0, 0.05) is 38.5 Å². The molecule has 1 aromatic rings. The number of nitrogens with two attached hydrogens (primary N) is 1. The summed E-state index contributed by atoms with van der Waals surface area (Å²) in [6.45, 7) is 2.57. The maximum atomic E-state index is 11.3. The van der Waals surface area contributed by atoms with E-state index >= 15 is 0 Å². The predicted octanol–water partition coefficient (Wildman–Crippen LogP) is 2.30. The summed E-state index contributed by atoms with van der Waals surface area (Å²) in [4.78, 5) is 18.4. The van der Waals surface area contributed by atoms with Crippen molar-refractivity contribution in [1.29, 1.82) is 0 Å². The molecule has 1 amide bonds. The first-order valence-electron chi connectivity index (χ1n) is 9.57. The first-order chi connectivity index (χ1) is 12.2. The third kappa shape index (κ3) is 5.51. The van der Waals surface area contributed by atoms with Crippen molar-refractivity contribution >= 4 is 11.9 Å². The van der Waals surface area contributed by atoms with E-state index < -0.39 is 0 Å². The number of nitrogens with zero attached hydrogens (tertiary/aromatic N) is 2. The first kappa shape index (κ1) is 17.8. The summed E-state index contributed by atoms with van der Waals surface area (Å²) in [6, 6.07) is 4.43. The molecule has 2 fully saturated rings. The zero-order valence-corrected chi connectivity index (χ0v) is 15.0. The van der Waals surface area contributed by atoms with E-state index in [1.807, 2.05) is 12.1 Å². The van der Waals surface area contributed by atoms with E-state index in [9.17, 15) is 4.79 Å². The molecule has 0 aromatic carbocycles. The normalized spacial score (nSPS) is 22.3. The fraction of sp³-hybridized carbons (Fsp3) is 0.684. The van der Waals surface area contributed by atoms with Crippen LogP contribution in [0.2, 0.25) is 0 Å². The molecule has 1 saturated heterocycles. The van der Waals surface area contributed by atoms with Crippen LogP contribution < -0.4 is 11.1 Å². The van der Waals surface area contributed by atoms with Crippen LogP contribution in [-0.4, -0.2) is 42.4 Å². The van der Waals surface area contributed by atoms with Crippen molar-refractivity contribution in [3.05, 3.63) is 24.2 Å². The fourth-order valence-electron chi connectivity index (χ4n) is 3.93. The maximum absolute atomic E-state index is 11.3. The molecule has 1 aromatic heterocycles. The Morgan fingerprint density at radius 1 is 1.32 bits per heavy atom. The summed E-state index contributed by atoms with van der Waals surface area (Å²) < 4.78 is 5.40. The van der Waals surface area contributed by atoms with Crippen LogP contribution in [-0.2, 0) is 11.2 Å². The van der Waals surface area contributed by atoms with Crippen LogP contribution in [0.1, 0.15) is 50.7 Å². The van der Waals surface area contributed by atoms with Crippen LogP contribution in [0.25, 0.3) is 0 Å². The monoisotopic (exact) mass is 346 g/mol. The lowest BCUT2D eigenvalue weighted by atomic mass is 9.95. The number of carbonyl (C=O) groups excluding carboxylic acids is 1. The Bertz CT molecular complexity index is 564. The highest BCUT2D eigenvalue weighted by Gasteiger charge is 2.25. The Morgan fingerprint density at radius 3 is 2.88 bits per heavy atom. The zero-order chi connectivity index (χ0) is 17.5. The van der Waals surface area contributed by atoms with Gasteiger partial charge in [-0.25, -0.2) is 0 Å². The standard InChI is InChI=1S/C19H30N4O2/c20-18(24)13-15-5-3-11-23(14-15)19(22-16-6-1-2-7-16)21-10-9-17-8-4-12-25-17/h4,8,12,15-16H,1-3,5-7,9-11,13-14H2,(H2,20,24)(H,21,22). The second-order valence-corrected chi connectivity index (χ2v) is 7.29. The highest BCUT2D eigenvalue weighted by molar-refractivity contribution is 5.80. The van der Waals surface area contributed by atoms with Crippen LogP contribution in [0, 0.1) is 5.92 Å². The predicted molar refractivity (Wildman–Crippen MR) is 98.2 cm³/mol. The van der Waals surface area contributed by atoms with Crippen LogP contribution in [0.3, 0.4) is 0 Å². The summed E-state index contributed by atoms with van der Waals surface area (Å²) in [5, 5.41) is 3.67. The van der Waals surface area contributed by atoms with Crippen molar-refractivity contribution in [3.8, 4) is 0 Å². The van der Waals surface area contributed by atoms with Crippen molar-refractivity contribution in [2.45, 2.75) is 57.4 Å². The molecule has 1 atom stereocenters. The van der Waals surface area contributed by atoms with E-state index in [4.69, 9.17) is 15.1 Å².